The summed E-state index contributed by atoms with van der Waals surface area (Å²) in [4.78, 5) is 29.1. The zero-order valence-electron chi connectivity index (χ0n) is 13.7. The van der Waals surface area contributed by atoms with E-state index >= 15 is 0 Å². The summed E-state index contributed by atoms with van der Waals surface area (Å²) in [5, 5.41) is 11.9. The highest BCUT2D eigenvalue weighted by Crippen LogP contribution is 2.20. The Hall–Kier alpha value is -2.89. The summed E-state index contributed by atoms with van der Waals surface area (Å²) in [5.74, 6) is -1.57. The lowest BCUT2D eigenvalue weighted by Gasteiger charge is -2.24. The molecule has 2 unspecified atom stereocenters. The summed E-state index contributed by atoms with van der Waals surface area (Å²) in [7, 11) is 1.58. The highest BCUT2D eigenvalue weighted by atomic mass is 16.4. The second kappa shape index (κ2) is 8.10. The summed E-state index contributed by atoms with van der Waals surface area (Å²) in [6.07, 6.45) is 1.67. The van der Waals surface area contributed by atoms with Gasteiger partial charge in [-0.25, -0.2) is 4.79 Å². The molecule has 2 rings (SSSR count). The number of hydrogen-bond acceptors (Lipinski definition) is 3. The van der Waals surface area contributed by atoms with Gasteiger partial charge in [-0.3, -0.25) is 9.78 Å². The summed E-state index contributed by atoms with van der Waals surface area (Å²) in [5.41, 5.74) is 1.63. The van der Waals surface area contributed by atoms with Crippen LogP contribution in [0.1, 0.15) is 24.2 Å². The highest BCUT2D eigenvalue weighted by Gasteiger charge is 2.22. The quantitative estimate of drug-likeness (QED) is 0.854. The second-order valence-electron chi connectivity index (χ2n) is 5.67. The van der Waals surface area contributed by atoms with E-state index in [1.165, 1.54) is 4.90 Å². The van der Waals surface area contributed by atoms with E-state index in [1.807, 2.05) is 48.5 Å². The minimum absolute atomic E-state index is 0.130. The average Bonchev–Trinajstić information content (AvgIpc) is 2.60. The molecule has 0 spiro atoms. The molecule has 126 valence electrons. The van der Waals surface area contributed by atoms with Crippen LogP contribution >= 0.6 is 0 Å². The molecule has 0 saturated heterocycles. The Morgan fingerprint density at radius 1 is 1.17 bits per heavy atom. The second-order valence-corrected chi connectivity index (χ2v) is 5.67. The van der Waals surface area contributed by atoms with Crippen LogP contribution in [0.2, 0.25) is 0 Å². The van der Waals surface area contributed by atoms with Gasteiger partial charge in [-0.1, -0.05) is 43.3 Å². The van der Waals surface area contributed by atoms with Gasteiger partial charge >= 0.3 is 12.0 Å². The number of rotatable bonds is 6. The molecule has 0 saturated carbocycles. The molecule has 0 bridgehead atoms. The molecule has 0 aliphatic heterocycles. The van der Waals surface area contributed by atoms with Gasteiger partial charge in [0.05, 0.1) is 17.7 Å². The van der Waals surface area contributed by atoms with Crippen molar-refractivity contribution in [2.75, 3.05) is 13.6 Å². The van der Waals surface area contributed by atoms with Gasteiger partial charge in [0.25, 0.3) is 0 Å². The molecule has 24 heavy (non-hydrogen) atoms. The van der Waals surface area contributed by atoms with Crippen LogP contribution in [-0.4, -0.2) is 40.6 Å². The Morgan fingerprint density at radius 3 is 2.42 bits per heavy atom. The molecule has 2 aromatic rings. The fourth-order valence-electron chi connectivity index (χ4n) is 2.33. The molecular weight excluding hydrogens is 306 g/mol. The van der Waals surface area contributed by atoms with Gasteiger partial charge in [0.15, 0.2) is 0 Å². The predicted octanol–water partition coefficient (Wildman–Crippen LogP) is 2.53. The molecular formula is C18H21N3O3. The van der Waals surface area contributed by atoms with Gasteiger partial charge in [-0.15, -0.1) is 0 Å². The number of hydrogen-bond donors (Lipinski definition) is 2. The van der Waals surface area contributed by atoms with E-state index in [-0.39, 0.29) is 12.6 Å². The van der Waals surface area contributed by atoms with Crippen molar-refractivity contribution < 1.29 is 14.7 Å². The number of benzene rings is 1. The third-order valence-corrected chi connectivity index (χ3v) is 3.70. The predicted molar refractivity (Wildman–Crippen MR) is 90.5 cm³/mol. The minimum atomic E-state index is -0.931. The number of urea groups is 1. The lowest BCUT2D eigenvalue weighted by Crippen LogP contribution is -2.42. The van der Waals surface area contributed by atoms with Crippen molar-refractivity contribution in [3.63, 3.8) is 0 Å². The van der Waals surface area contributed by atoms with Crippen LogP contribution in [0, 0.1) is 5.92 Å². The number of carboxylic acid groups (broad SMARTS) is 1. The first-order valence-electron chi connectivity index (χ1n) is 7.69. The summed E-state index contributed by atoms with van der Waals surface area (Å²) in [6, 6.07) is 14.3. The third-order valence-electron chi connectivity index (χ3n) is 3.70. The average molecular weight is 327 g/mol. The van der Waals surface area contributed by atoms with Crippen LogP contribution in [0.3, 0.4) is 0 Å². The minimum Gasteiger partial charge on any atom is -0.481 e. The van der Waals surface area contributed by atoms with Crippen LogP contribution < -0.4 is 5.32 Å². The van der Waals surface area contributed by atoms with Crippen LogP contribution in [0.4, 0.5) is 4.79 Å². The van der Waals surface area contributed by atoms with E-state index in [0.717, 1.165) is 11.3 Å². The van der Waals surface area contributed by atoms with Crippen LogP contribution in [0.25, 0.3) is 0 Å². The molecule has 1 aromatic heterocycles. The van der Waals surface area contributed by atoms with Crippen molar-refractivity contribution >= 4 is 12.0 Å². The van der Waals surface area contributed by atoms with Crippen molar-refractivity contribution in [2.45, 2.75) is 13.0 Å². The smallest absolute Gasteiger partial charge is 0.317 e. The third kappa shape index (κ3) is 4.55. The number of aliphatic carboxylic acids is 1. The maximum Gasteiger partial charge on any atom is 0.317 e. The van der Waals surface area contributed by atoms with Crippen molar-refractivity contribution in [1.29, 1.82) is 0 Å². The molecule has 0 aliphatic rings. The number of aromatic nitrogens is 1. The van der Waals surface area contributed by atoms with Gasteiger partial charge in [-0.05, 0) is 17.7 Å². The summed E-state index contributed by atoms with van der Waals surface area (Å²) >= 11 is 0. The number of carbonyl (C=O) groups excluding carboxylic acids is 1. The van der Waals surface area contributed by atoms with Crippen molar-refractivity contribution in [2.24, 2.45) is 5.92 Å². The first-order valence-corrected chi connectivity index (χ1v) is 7.69. The number of nitrogens with zero attached hydrogens (tertiary/aromatic N) is 2. The zero-order valence-corrected chi connectivity index (χ0v) is 13.7. The summed E-state index contributed by atoms with van der Waals surface area (Å²) < 4.78 is 0. The Bertz CT molecular complexity index is 637. The van der Waals surface area contributed by atoms with Crippen LogP contribution in [0.5, 0.6) is 0 Å². The standard InChI is InChI=1S/C18H21N3O3/c1-13(17(22)23)12-21(2)18(24)20-16(14-8-4-3-5-9-14)15-10-6-7-11-19-15/h3-11,13,16H,12H2,1-2H3,(H,20,24)(H,22,23). The van der Waals surface area contributed by atoms with Crippen molar-refractivity contribution in [1.82, 2.24) is 15.2 Å². The maximum atomic E-state index is 12.5. The maximum absolute atomic E-state index is 12.5. The number of nitrogens with one attached hydrogen (secondary N) is 1. The molecule has 6 heteroatoms. The van der Waals surface area contributed by atoms with E-state index in [4.69, 9.17) is 5.11 Å². The fraction of sp³-hybridized carbons (Fsp3) is 0.278. The molecule has 1 heterocycles. The first-order chi connectivity index (χ1) is 11.5. The molecule has 2 amide bonds. The summed E-state index contributed by atoms with van der Waals surface area (Å²) in [6.45, 7) is 1.70. The Labute approximate surface area is 141 Å². The van der Waals surface area contributed by atoms with E-state index in [0.29, 0.717) is 0 Å². The molecule has 6 nitrogen and oxygen atoms in total. The Balaban J connectivity index is 2.17. The van der Waals surface area contributed by atoms with Crippen LogP contribution in [0.15, 0.2) is 54.7 Å². The van der Waals surface area contributed by atoms with Gasteiger partial charge in [-0.2, -0.15) is 0 Å². The highest BCUT2D eigenvalue weighted by molar-refractivity contribution is 5.76. The Morgan fingerprint density at radius 2 is 1.83 bits per heavy atom. The van der Waals surface area contributed by atoms with Crippen LogP contribution in [-0.2, 0) is 4.79 Å². The van der Waals surface area contributed by atoms with Gasteiger partial charge < -0.3 is 15.3 Å². The lowest BCUT2D eigenvalue weighted by molar-refractivity contribution is -0.141. The molecule has 0 fully saturated rings. The normalized spacial score (nSPS) is 12.9. The number of carboxylic acids is 1. The van der Waals surface area contributed by atoms with Crippen molar-refractivity contribution in [3.8, 4) is 0 Å². The largest absolute Gasteiger partial charge is 0.481 e. The van der Waals surface area contributed by atoms with Gasteiger partial charge in [0.1, 0.15) is 0 Å². The van der Waals surface area contributed by atoms with E-state index in [2.05, 4.69) is 10.3 Å². The Kier molecular flexibility index (Phi) is 5.89. The van der Waals surface area contributed by atoms with Gasteiger partial charge in [0, 0.05) is 19.8 Å². The fourth-order valence-corrected chi connectivity index (χ4v) is 2.33. The van der Waals surface area contributed by atoms with E-state index in [1.54, 1.807) is 20.2 Å². The van der Waals surface area contributed by atoms with E-state index in [9.17, 15) is 9.59 Å². The number of amides is 2. The van der Waals surface area contributed by atoms with E-state index < -0.39 is 17.9 Å². The number of pyridine rings is 1. The SMILES string of the molecule is CC(CN(C)C(=O)NC(c1ccccc1)c1ccccn1)C(=O)O. The molecule has 2 atom stereocenters. The zero-order chi connectivity index (χ0) is 17.5. The monoisotopic (exact) mass is 327 g/mol. The number of carbonyl (C=O) groups is 2. The molecule has 0 radical (unpaired) electrons. The topological polar surface area (TPSA) is 82.5 Å². The molecule has 0 aliphatic carbocycles. The molecule has 1 aromatic carbocycles. The molecule has 2 N–H and O–H groups in total. The first kappa shape index (κ1) is 17.5. The van der Waals surface area contributed by atoms with Gasteiger partial charge in [0.2, 0.25) is 0 Å². The lowest BCUT2D eigenvalue weighted by atomic mass is 10.0. The van der Waals surface area contributed by atoms with Crippen molar-refractivity contribution in [3.05, 3.63) is 66.0 Å².